The Morgan fingerprint density at radius 2 is 1.82 bits per heavy atom. The van der Waals surface area contributed by atoms with Crippen molar-refractivity contribution in [2.45, 2.75) is 57.1 Å². The summed E-state index contributed by atoms with van der Waals surface area (Å²) in [5.41, 5.74) is 0.0928. The number of aliphatic hydroxyl groups excluding tert-OH is 1. The van der Waals surface area contributed by atoms with Crippen molar-refractivity contribution in [2.75, 3.05) is 40.3 Å². The van der Waals surface area contributed by atoms with Gasteiger partial charge in [-0.2, -0.15) is 0 Å². The van der Waals surface area contributed by atoms with E-state index in [0.29, 0.717) is 0 Å². The van der Waals surface area contributed by atoms with Crippen LogP contribution in [0.15, 0.2) is 0 Å². The van der Waals surface area contributed by atoms with Gasteiger partial charge in [-0.3, -0.25) is 4.79 Å². The van der Waals surface area contributed by atoms with Crippen molar-refractivity contribution < 1.29 is 9.90 Å². The summed E-state index contributed by atoms with van der Waals surface area (Å²) >= 11 is 0. The van der Waals surface area contributed by atoms with Gasteiger partial charge in [-0.15, -0.1) is 0 Å². The Hall–Kier alpha value is -0.650. The molecule has 0 bridgehead atoms. The molecule has 0 atom stereocenters. The average Bonchev–Trinajstić information content (AvgIpc) is 2.53. The van der Waals surface area contributed by atoms with Crippen LogP contribution in [0.2, 0.25) is 0 Å². The minimum atomic E-state index is -0.199. The van der Waals surface area contributed by atoms with Gasteiger partial charge in [-0.1, -0.05) is 6.92 Å². The Labute approximate surface area is 135 Å². The second kappa shape index (κ2) is 7.75. The lowest BCUT2D eigenvalue weighted by atomic mass is 9.84. The van der Waals surface area contributed by atoms with Gasteiger partial charge >= 0.3 is 0 Å². The summed E-state index contributed by atoms with van der Waals surface area (Å²) < 4.78 is 0. The maximum absolute atomic E-state index is 12.4. The van der Waals surface area contributed by atoms with Gasteiger partial charge in [0.05, 0.1) is 6.10 Å². The minimum absolute atomic E-state index is 0.0928. The van der Waals surface area contributed by atoms with E-state index in [2.05, 4.69) is 36.1 Å². The lowest BCUT2D eigenvalue weighted by Crippen LogP contribution is -2.58. The molecule has 0 aromatic heterocycles. The third-order valence-electron chi connectivity index (χ3n) is 5.84. The first kappa shape index (κ1) is 17.7. The molecule has 0 aromatic carbocycles. The molecule has 0 spiro atoms. The number of carbonyl (C=O) groups excluding carboxylic acids is 1. The largest absolute Gasteiger partial charge is 0.393 e. The third-order valence-corrected chi connectivity index (χ3v) is 5.84. The van der Waals surface area contributed by atoms with E-state index in [1.807, 2.05) is 0 Å². The Morgan fingerprint density at radius 1 is 1.23 bits per heavy atom. The van der Waals surface area contributed by atoms with Crippen LogP contribution in [0, 0.1) is 5.92 Å². The number of carbonyl (C=O) groups is 1. The molecule has 1 amide bonds. The van der Waals surface area contributed by atoms with E-state index in [4.69, 9.17) is 0 Å². The zero-order valence-electron chi connectivity index (χ0n) is 14.5. The van der Waals surface area contributed by atoms with E-state index >= 15 is 0 Å². The fourth-order valence-corrected chi connectivity index (χ4v) is 3.80. The first-order valence-electron chi connectivity index (χ1n) is 8.82. The lowest BCUT2D eigenvalue weighted by molar-refractivity contribution is -0.127. The number of likely N-dealkylation sites (N-methyl/N-ethyl adjacent to an activating group) is 1. The summed E-state index contributed by atoms with van der Waals surface area (Å²) in [5, 5.41) is 12.8. The van der Waals surface area contributed by atoms with Gasteiger partial charge in [-0.25, -0.2) is 0 Å². The molecule has 22 heavy (non-hydrogen) atoms. The van der Waals surface area contributed by atoms with Crippen LogP contribution in [-0.2, 0) is 4.79 Å². The van der Waals surface area contributed by atoms with Crippen LogP contribution >= 0.6 is 0 Å². The second-order valence-corrected chi connectivity index (χ2v) is 7.28. The van der Waals surface area contributed by atoms with E-state index in [-0.39, 0.29) is 23.5 Å². The molecule has 0 radical (unpaired) electrons. The average molecular weight is 311 g/mol. The van der Waals surface area contributed by atoms with Crippen molar-refractivity contribution in [2.24, 2.45) is 5.92 Å². The van der Waals surface area contributed by atoms with Gasteiger partial charge in [0.15, 0.2) is 0 Å². The zero-order valence-corrected chi connectivity index (χ0v) is 14.5. The molecular weight excluding hydrogens is 278 g/mol. The van der Waals surface area contributed by atoms with Gasteiger partial charge in [0.1, 0.15) is 0 Å². The van der Waals surface area contributed by atoms with E-state index < -0.39 is 0 Å². The van der Waals surface area contributed by atoms with Gasteiger partial charge in [0.25, 0.3) is 0 Å². The molecule has 2 fully saturated rings. The first-order chi connectivity index (χ1) is 10.5. The quantitative estimate of drug-likeness (QED) is 0.797. The van der Waals surface area contributed by atoms with Crippen LogP contribution in [0.5, 0.6) is 0 Å². The van der Waals surface area contributed by atoms with E-state index in [0.717, 1.165) is 64.7 Å². The van der Waals surface area contributed by atoms with Crippen molar-refractivity contribution in [1.82, 2.24) is 15.1 Å². The molecule has 1 saturated heterocycles. The molecule has 1 heterocycles. The predicted octanol–water partition coefficient (Wildman–Crippen LogP) is 1.07. The smallest absolute Gasteiger partial charge is 0.223 e. The number of nitrogens with one attached hydrogen (secondary N) is 1. The highest BCUT2D eigenvalue weighted by Gasteiger charge is 2.37. The summed E-state index contributed by atoms with van der Waals surface area (Å²) in [6, 6.07) is 0. The maximum atomic E-state index is 12.4. The fraction of sp³-hybridized carbons (Fsp3) is 0.941. The topological polar surface area (TPSA) is 55.8 Å². The monoisotopic (exact) mass is 311 g/mol. The van der Waals surface area contributed by atoms with Crippen molar-refractivity contribution in [3.05, 3.63) is 0 Å². The molecule has 1 aliphatic heterocycles. The molecule has 2 N–H and O–H groups in total. The third kappa shape index (κ3) is 4.21. The van der Waals surface area contributed by atoms with Crippen LogP contribution in [0.1, 0.15) is 45.4 Å². The second-order valence-electron chi connectivity index (χ2n) is 7.28. The Kier molecular flexibility index (Phi) is 6.24. The molecule has 5 nitrogen and oxygen atoms in total. The molecule has 2 aliphatic rings. The number of hydrogen-bond acceptors (Lipinski definition) is 4. The SMILES string of the molecule is CCN1CCC(CNC(=O)C2CCC(O)CC2)(N(C)C)CC1. The molecule has 2 rings (SSSR count). The van der Waals surface area contributed by atoms with E-state index in [9.17, 15) is 9.90 Å². The number of piperidine rings is 1. The van der Waals surface area contributed by atoms with E-state index in [1.54, 1.807) is 0 Å². The number of rotatable bonds is 5. The van der Waals surface area contributed by atoms with Crippen molar-refractivity contribution in [3.8, 4) is 0 Å². The standard InChI is InChI=1S/C17H33N3O2/c1-4-20-11-9-17(10-12-20,19(2)3)13-18-16(22)14-5-7-15(21)8-6-14/h14-15,21H,4-13H2,1-3H3,(H,18,22). The van der Waals surface area contributed by atoms with Crippen molar-refractivity contribution >= 4 is 5.91 Å². The van der Waals surface area contributed by atoms with Crippen LogP contribution in [0.25, 0.3) is 0 Å². The highest BCUT2D eigenvalue weighted by atomic mass is 16.3. The Morgan fingerprint density at radius 3 is 2.32 bits per heavy atom. The summed E-state index contributed by atoms with van der Waals surface area (Å²) in [4.78, 5) is 17.2. The minimum Gasteiger partial charge on any atom is -0.393 e. The van der Waals surface area contributed by atoms with Crippen molar-refractivity contribution in [3.63, 3.8) is 0 Å². The number of aliphatic hydroxyl groups is 1. The summed E-state index contributed by atoms with van der Waals surface area (Å²) in [7, 11) is 4.26. The Bertz CT molecular complexity index is 357. The molecule has 0 unspecified atom stereocenters. The number of hydrogen-bond donors (Lipinski definition) is 2. The predicted molar refractivity (Wildman–Crippen MR) is 88.7 cm³/mol. The first-order valence-corrected chi connectivity index (χ1v) is 8.82. The lowest BCUT2D eigenvalue weighted by Gasteiger charge is -2.46. The van der Waals surface area contributed by atoms with Gasteiger partial charge < -0.3 is 20.2 Å². The zero-order chi connectivity index (χ0) is 16.2. The molecule has 1 saturated carbocycles. The Balaban J connectivity index is 1.85. The highest BCUT2D eigenvalue weighted by molar-refractivity contribution is 5.78. The molecule has 1 aliphatic carbocycles. The molecule has 5 heteroatoms. The molecule has 0 aromatic rings. The summed E-state index contributed by atoms with van der Waals surface area (Å²) in [6.45, 7) is 6.29. The van der Waals surface area contributed by atoms with Crippen LogP contribution in [0.4, 0.5) is 0 Å². The fourth-order valence-electron chi connectivity index (χ4n) is 3.80. The summed E-state index contributed by atoms with van der Waals surface area (Å²) in [6.07, 6.45) is 5.20. The van der Waals surface area contributed by atoms with Crippen LogP contribution < -0.4 is 5.32 Å². The molecular formula is C17H33N3O2. The van der Waals surface area contributed by atoms with E-state index in [1.165, 1.54) is 0 Å². The molecule has 128 valence electrons. The number of nitrogens with zero attached hydrogens (tertiary/aromatic N) is 2. The van der Waals surface area contributed by atoms with Crippen LogP contribution in [-0.4, -0.2) is 72.7 Å². The number of likely N-dealkylation sites (tertiary alicyclic amines) is 1. The van der Waals surface area contributed by atoms with Gasteiger partial charge in [-0.05, 0) is 72.3 Å². The van der Waals surface area contributed by atoms with Crippen molar-refractivity contribution in [1.29, 1.82) is 0 Å². The van der Waals surface area contributed by atoms with Gasteiger partial charge in [0.2, 0.25) is 5.91 Å². The normalized spacial score (nSPS) is 29.5. The number of amides is 1. The van der Waals surface area contributed by atoms with Crippen LogP contribution in [0.3, 0.4) is 0 Å². The maximum Gasteiger partial charge on any atom is 0.223 e. The highest BCUT2D eigenvalue weighted by Crippen LogP contribution is 2.28. The van der Waals surface area contributed by atoms with Gasteiger partial charge in [0, 0.05) is 18.0 Å². The summed E-state index contributed by atoms with van der Waals surface area (Å²) in [5.74, 6) is 0.282.